The summed E-state index contributed by atoms with van der Waals surface area (Å²) in [6.07, 6.45) is 1.29. The summed E-state index contributed by atoms with van der Waals surface area (Å²) in [7, 11) is 2.02. The van der Waals surface area contributed by atoms with Gasteiger partial charge < -0.3 is 10.1 Å². The molecule has 1 aromatic rings. The number of nitrogens with zero attached hydrogens (tertiary/aromatic N) is 1. The van der Waals surface area contributed by atoms with Crippen LogP contribution in [0.15, 0.2) is 24.3 Å². The molecule has 18 heavy (non-hydrogen) atoms. The average molecular weight is 269 g/mol. The molecule has 1 aliphatic heterocycles. The van der Waals surface area contributed by atoms with E-state index < -0.39 is 0 Å². The second-order valence-electron chi connectivity index (χ2n) is 4.82. The molecular formula is C14H21ClN2O. The highest BCUT2D eigenvalue weighted by molar-refractivity contribution is 6.30. The highest BCUT2D eigenvalue weighted by Gasteiger charge is 2.21. The predicted octanol–water partition coefficient (Wildman–Crippen LogP) is 2.26. The largest absolute Gasteiger partial charge is 0.492 e. The van der Waals surface area contributed by atoms with Crippen LogP contribution < -0.4 is 10.1 Å². The second-order valence-corrected chi connectivity index (χ2v) is 5.25. The Kier molecular flexibility index (Phi) is 5.29. The lowest BCUT2D eigenvalue weighted by atomic mass is 10.1. The van der Waals surface area contributed by atoms with Crippen molar-refractivity contribution in [1.82, 2.24) is 10.2 Å². The van der Waals surface area contributed by atoms with Gasteiger partial charge in [0.25, 0.3) is 0 Å². The molecule has 1 heterocycles. The van der Waals surface area contributed by atoms with Crippen molar-refractivity contribution in [3.05, 3.63) is 29.3 Å². The Morgan fingerprint density at radius 2 is 2.17 bits per heavy atom. The number of hydrogen-bond donors (Lipinski definition) is 1. The van der Waals surface area contributed by atoms with Gasteiger partial charge in [0.1, 0.15) is 12.4 Å². The van der Waals surface area contributed by atoms with E-state index >= 15 is 0 Å². The Hall–Kier alpha value is -0.770. The zero-order valence-electron chi connectivity index (χ0n) is 10.9. The van der Waals surface area contributed by atoms with Crippen LogP contribution in [0.4, 0.5) is 0 Å². The van der Waals surface area contributed by atoms with Crippen LogP contribution in [0, 0.1) is 5.92 Å². The van der Waals surface area contributed by atoms with Crippen molar-refractivity contribution in [3.63, 3.8) is 0 Å². The molecule has 0 aromatic heterocycles. The zero-order valence-corrected chi connectivity index (χ0v) is 11.6. The van der Waals surface area contributed by atoms with E-state index in [9.17, 15) is 0 Å². The van der Waals surface area contributed by atoms with Crippen molar-refractivity contribution in [2.24, 2.45) is 5.92 Å². The van der Waals surface area contributed by atoms with E-state index in [1.54, 1.807) is 0 Å². The lowest BCUT2D eigenvalue weighted by Gasteiger charge is -2.16. The Morgan fingerprint density at radius 3 is 2.89 bits per heavy atom. The van der Waals surface area contributed by atoms with Crippen LogP contribution in [0.3, 0.4) is 0 Å². The van der Waals surface area contributed by atoms with E-state index in [0.29, 0.717) is 0 Å². The summed E-state index contributed by atoms with van der Waals surface area (Å²) >= 11 is 5.83. The van der Waals surface area contributed by atoms with Gasteiger partial charge in [-0.2, -0.15) is 0 Å². The van der Waals surface area contributed by atoms with E-state index in [1.165, 1.54) is 19.5 Å². The summed E-state index contributed by atoms with van der Waals surface area (Å²) in [5.41, 5.74) is 0. The van der Waals surface area contributed by atoms with Crippen molar-refractivity contribution in [1.29, 1.82) is 0 Å². The number of likely N-dealkylation sites (tertiary alicyclic amines) is 1. The molecule has 0 radical (unpaired) electrons. The fourth-order valence-corrected chi connectivity index (χ4v) is 2.52. The molecule has 1 unspecified atom stereocenters. The van der Waals surface area contributed by atoms with Crippen LogP contribution in [-0.2, 0) is 0 Å². The van der Waals surface area contributed by atoms with Gasteiger partial charge in [-0.1, -0.05) is 11.6 Å². The van der Waals surface area contributed by atoms with Crippen LogP contribution in [0.2, 0.25) is 5.02 Å². The third-order valence-corrected chi connectivity index (χ3v) is 3.60. The van der Waals surface area contributed by atoms with E-state index in [-0.39, 0.29) is 0 Å². The van der Waals surface area contributed by atoms with Crippen molar-refractivity contribution < 1.29 is 4.74 Å². The fraction of sp³-hybridized carbons (Fsp3) is 0.571. The molecule has 3 nitrogen and oxygen atoms in total. The topological polar surface area (TPSA) is 24.5 Å². The first kappa shape index (κ1) is 13.7. The molecule has 0 saturated carbocycles. The van der Waals surface area contributed by atoms with Crippen LogP contribution in [0.5, 0.6) is 5.75 Å². The molecule has 0 aliphatic carbocycles. The van der Waals surface area contributed by atoms with Gasteiger partial charge in [-0.25, -0.2) is 0 Å². The number of rotatable bonds is 6. The molecule has 1 fully saturated rings. The van der Waals surface area contributed by atoms with Crippen LogP contribution in [-0.4, -0.2) is 44.7 Å². The van der Waals surface area contributed by atoms with E-state index in [1.807, 2.05) is 31.3 Å². The molecule has 4 heteroatoms. The second kappa shape index (κ2) is 6.98. The first-order valence-corrected chi connectivity index (χ1v) is 6.91. The van der Waals surface area contributed by atoms with Gasteiger partial charge in [0.2, 0.25) is 0 Å². The van der Waals surface area contributed by atoms with Crippen molar-refractivity contribution in [3.8, 4) is 5.75 Å². The minimum absolute atomic E-state index is 0.744. The monoisotopic (exact) mass is 268 g/mol. The lowest BCUT2D eigenvalue weighted by Crippen LogP contribution is -2.28. The summed E-state index contributed by atoms with van der Waals surface area (Å²) in [5, 5.41) is 3.99. The SMILES string of the molecule is CNCC1CCN(CCOc2ccc(Cl)cc2)C1. The molecular weight excluding hydrogens is 248 g/mol. The molecule has 1 saturated heterocycles. The Bertz CT molecular complexity index is 355. The highest BCUT2D eigenvalue weighted by Crippen LogP contribution is 2.17. The van der Waals surface area contributed by atoms with E-state index in [2.05, 4.69) is 10.2 Å². The number of benzene rings is 1. The molecule has 1 aromatic carbocycles. The lowest BCUT2D eigenvalue weighted by molar-refractivity contribution is 0.232. The van der Waals surface area contributed by atoms with Gasteiger partial charge in [0, 0.05) is 18.1 Å². The molecule has 100 valence electrons. The van der Waals surface area contributed by atoms with Gasteiger partial charge >= 0.3 is 0 Å². The maximum atomic E-state index is 5.83. The highest BCUT2D eigenvalue weighted by atomic mass is 35.5. The Morgan fingerprint density at radius 1 is 1.39 bits per heavy atom. The van der Waals surface area contributed by atoms with Gasteiger partial charge in [0.15, 0.2) is 0 Å². The molecule has 1 atom stereocenters. The maximum absolute atomic E-state index is 5.83. The molecule has 0 spiro atoms. The minimum Gasteiger partial charge on any atom is -0.492 e. The van der Waals surface area contributed by atoms with Gasteiger partial charge in [0.05, 0.1) is 0 Å². The third-order valence-electron chi connectivity index (χ3n) is 3.35. The maximum Gasteiger partial charge on any atom is 0.119 e. The zero-order chi connectivity index (χ0) is 12.8. The summed E-state index contributed by atoms with van der Waals surface area (Å²) in [6.45, 7) is 5.24. The molecule has 1 N–H and O–H groups in total. The first-order valence-electron chi connectivity index (χ1n) is 6.53. The minimum atomic E-state index is 0.744. The summed E-state index contributed by atoms with van der Waals surface area (Å²) in [6, 6.07) is 7.54. The Labute approximate surface area is 114 Å². The summed E-state index contributed by atoms with van der Waals surface area (Å²) < 4.78 is 5.70. The molecule has 1 aliphatic rings. The van der Waals surface area contributed by atoms with Gasteiger partial charge in [-0.15, -0.1) is 0 Å². The predicted molar refractivity (Wildman–Crippen MR) is 75.4 cm³/mol. The molecule has 0 amide bonds. The van der Waals surface area contributed by atoms with E-state index in [4.69, 9.17) is 16.3 Å². The standard InChI is InChI=1S/C14H21ClN2O/c1-16-10-12-6-7-17(11-12)8-9-18-14-4-2-13(15)3-5-14/h2-5,12,16H,6-11H2,1H3. The molecule has 0 bridgehead atoms. The van der Waals surface area contributed by atoms with Crippen LogP contribution >= 0.6 is 11.6 Å². The van der Waals surface area contributed by atoms with Crippen molar-refractivity contribution in [2.45, 2.75) is 6.42 Å². The number of ether oxygens (including phenoxy) is 1. The first-order chi connectivity index (χ1) is 8.78. The third kappa shape index (κ3) is 4.16. The number of hydrogen-bond acceptors (Lipinski definition) is 3. The van der Waals surface area contributed by atoms with Gasteiger partial charge in [-0.05, 0) is 56.7 Å². The van der Waals surface area contributed by atoms with Gasteiger partial charge in [-0.3, -0.25) is 4.90 Å². The average Bonchev–Trinajstić information content (AvgIpc) is 2.80. The summed E-state index contributed by atoms with van der Waals surface area (Å²) in [4.78, 5) is 2.47. The fourth-order valence-electron chi connectivity index (χ4n) is 2.39. The quantitative estimate of drug-likeness (QED) is 0.857. The number of halogens is 1. The number of nitrogens with one attached hydrogen (secondary N) is 1. The van der Waals surface area contributed by atoms with Crippen molar-refractivity contribution >= 4 is 11.6 Å². The van der Waals surface area contributed by atoms with Crippen LogP contribution in [0.25, 0.3) is 0 Å². The van der Waals surface area contributed by atoms with E-state index in [0.717, 1.165) is 36.4 Å². The van der Waals surface area contributed by atoms with Crippen LogP contribution in [0.1, 0.15) is 6.42 Å². The Balaban J connectivity index is 1.65. The smallest absolute Gasteiger partial charge is 0.119 e. The molecule has 2 rings (SSSR count). The summed E-state index contributed by atoms with van der Waals surface area (Å²) in [5.74, 6) is 1.69. The normalized spacial score (nSPS) is 20.2. The van der Waals surface area contributed by atoms with Crippen molar-refractivity contribution in [2.75, 3.05) is 39.8 Å².